The lowest BCUT2D eigenvalue weighted by Gasteiger charge is -2.36. The van der Waals surface area contributed by atoms with Gasteiger partial charge in [0.1, 0.15) is 5.54 Å². The van der Waals surface area contributed by atoms with Crippen molar-refractivity contribution >= 4 is 0 Å². The summed E-state index contributed by atoms with van der Waals surface area (Å²) >= 11 is 0. The number of likely N-dealkylation sites (N-methyl/N-ethyl adjacent to an activating group) is 2. The number of nitrogens with one attached hydrogen (secondary N) is 1. The van der Waals surface area contributed by atoms with Crippen LogP contribution in [-0.2, 0) is 0 Å². The van der Waals surface area contributed by atoms with Crippen molar-refractivity contribution in [2.24, 2.45) is 0 Å². The largest absolute Gasteiger partial charge is 0.305 e. The third-order valence-electron chi connectivity index (χ3n) is 5.21. The molecule has 0 spiro atoms. The highest BCUT2D eigenvalue weighted by Gasteiger charge is 2.34. The maximum atomic E-state index is 9.57. The molecular weight excluding hydrogens is 260 g/mol. The van der Waals surface area contributed by atoms with Crippen LogP contribution in [0.3, 0.4) is 0 Å². The molecule has 0 aromatic heterocycles. The van der Waals surface area contributed by atoms with E-state index in [4.69, 9.17) is 0 Å². The molecule has 21 heavy (non-hydrogen) atoms. The maximum Gasteiger partial charge on any atom is 0.106 e. The Bertz CT molecular complexity index is 360. The highest BCUT2D eigenvalue weighted by Crippen LogP contribution is 2.27. The summed E-state index contributed by atoms with van der Waals surface area (Å²) in [6.07, 6.45) is 8.12. The fourth-order valence-corrected chi connectivity index (χ4v) is 3.45. The van der Waals surface area contributed by atoms with E-state index in [2.05, 4.69) is 42.2 Å². The van der Waals surface area contributed by atoms with Gasteiger partial charge in [0.25, 0.3) is 0 Å². The number of nitrogens with zero attached hydrogens (tertiary/aromatic N) is 3. The van der Waals surface area contributed by atoms with Crippen molar-refractivity contribution in [2.75, 3.05) is 33.7 Å². The van der Waals surface area contributed by atoms with Gasteiger partial charge < -0.3 is 9.80 Å². The molecule has 4 heteroatoms. The molecule has 1 heterocycles. The molecule has 120 valence electrons. The molecule has 2 aliphatic rings. The van der Waals surface area contributed by atoms with Crippen molar-refractivity contribution < 1.29 is 0 Å². The van der Waals surface area contributed by atoms with E-state index >= 15 is 0 Å². The van der Waals surface area contributed by atoms with Crippen LogP contribution in [0, 0.1) is 11.3 Å². The van der Waals surface area contributed by atoms with Crippen LogP contribution in [0.15, 0.2) is 0 Å². The zero-order chi connectivity index (χ0) is 15.3. The molecule has 0 amide bonds. The summed E-state index contributed by atoms with van der Waals surface area (Å²) in [5.74, 6) is 0. The molecule has 0 aromatic carbocycles. The standard InChI is InChI=1S/C17H32N4/c1-4-17(14-18,19-15-8-9-15)10-6-12-21(3)16-7-5-11-20(2)13-16/h15-16,19H,4-13H2,1-3H3. The first-order valence-electron chi connectivity index (χ1n) is 8.66. The molecule has 0 aromatic rings. The topological polar surface area (TPSA) is 42.3 Å². The van der Waals surface area contributed by atoms with Crippen molar-refractivity contribution in [3.8, 4) is 6.07 Å². The van der Waals surface area contributed by atoms with Crippen LogP contribution in [0.4, 0.5) is 0 Å². The smallest absolute Gasteiger partial charge is 0.106 e. The van der Waals surface area contributed by atoms with Gasteiger partial charge in [0, 0.05) is 18.6 Å². The van der Waals surface area contributed by atoms with Crippen LogP contribution in [0.1, 0.15) is 51.9 Å². The first kappa shape index (κ1) is 16.7. The lowest BCUT2D eigenvalue weighted by Crippen LogP contribution is -2.47. The lowest BCUT2D eigenvalue weighted by atomic mass is 9.91. The van der Waals surface area contributed by atoms with Crippen molar-refractivity contribution in [2.45, 2.75) is 69.5 Å². The van der Waals surface area contributed by atoms with Crippen LogP contribution in [0.5, 0.6) is 0 Å². The summed E-state index contributed by atoms with van der Waals surface area (Å²) < 4.78 is 0. The Morgan fingerprint density at radius 1 is 1.38 bits per heavy atom. The SMILES string of the molecule is CCC(C#N)(CCCN(C)C1CCCN(C)C1)NC1CC1. The van der Waals surface area contributed by atoms with E-state index in [9.17, 15) is 5.26 Å². The maximum absolute atomic E-state index is 9.57. The first-order chi connectivity index (χ1) is 10.1. The summed E-state index contributed by atoms with van der Waals surface area (Å²) in [6, 6.07) is 3.86. The minimum absolute atomic E-state index is 0.286. The van der Waals surface area contributed by atoms with E-state index in [-0.39, 0.29) is 5.54 Å². The predicted octanol–water partition coefficient (Wildman–Crippen LogP) is 2.22. The summed E-state index contributed by atoms with van der Waals surface area (Å²) in [7, 11) is 4.47. The number of hydrogen-bond acceptors (Lipinski definition) is 4. The third kappa shape index (κ3) is 4.95. The molecule has 1 aliphatic heterocycles. The average molecular weight is 292 g/mol. The van der Waals surface area contributed by atoms with E-state index in [1.807, 2.05) is 0 Å². The van der Waals surface area contributed by atoms with Gasteiger partial charge in [0.05, 0.1) is 6.07 Å². The monoisotopic (exact) mass is 292 g/mol. The molecule has 2 fully saturated rings. The van der Waals surface area contributed by atoms with Gasteiger partial charge in [0.15, 0.2) is 0 Å². The van der Waals surface area contributed by atoms with Crippen LogP contribution in [0.2, 0.25) is 0 Å². The van der Waals surface area contributed by atoms with E-state index in [1.165, 1.54) is 38.8 Å². The fourth-order valence-electron chi connectivity index (χ4n) is 3.45. The Balaban J connectivity index is 1.74. The highest BCUT2D eigenvalue weighted by atomic mass is 15.2. The third-order valence-corrected chi connectivity index (χ3v) is 5.21. The van der Waals surface area contributed by atoms with Gasteiger partial charge in [-0.3, -0.25) is 5.32 Å². The Morgan fingerprint density at radius 3 is 2.71 bits per heavy atom. The minimum Gasteiger partial charge on any atom is -0.305 e. The Hall–Kier alpha value is -0.630. The first-order valence-corrected chi connectivity index (χ1v) is 8.66. The molecule has 0 bridgehead atoms. The van der Waals surface area contributed by atoms with Gasteiger partial charge in [-0.1, -0.05) is 6.92 Å². The van der Waals surface area contributed by atoms with Crippen molar-refractivity contribution in [1.82, 2.24) is 15.1 Å². The second-order valence-electron chi connectivity index (χ2n) is 7.11. The normalized spacial score (nSPS) is 26.5. The molecule has 2 unspecified atom stereocenters. The van der Waals surface area contributed by atoms with E-state index < -0.39 is 0 Å². The molecule has 1 N–H and O–H groups in total. The van der Waals surface area contributed by atoms with E-state index in [1.54, 1.807) is 0 Å². The van der Waals surface area contributed by atoms with Gasteiger partial charge in [-0.2, -0.15) is 5.26 Å². The predicted molar refractivity (Wildman–Crippen MR) is 87.2 cm³/mol. The van der Waals surface area contributed by atoms with Gasteiger partial charge in [0.2, 0.25) is 0 Å². The molecule has 4 nitrogen and oxygen atoms in total. The van der Waals surface area contributed by atoms with E-state index in [0.29, 0.717) is 12.1 Å². The van der Waals surface area contributed by atoms with Gasteiger partial charge >= 0.3 is 0 Å². The van der Waals surface area contributed by atoms with Gasteiger partial charge in [-0.05, 0) is 72.1 Å². The molecule has 1 aliphatic carbocycles. The van der Waals surface area contributed by atoms with Gasteiger partial charge in [-0.15, -0.1) is 0 Å². The van der Waals surface area contributed by atoms with Crippen molar-refractivity contribution in [3.63, 3.8) is 0 Å². The van der Waals surface area contributed by atoms with E-state index in [0.717, 1.165) is 25.8 Å². The fraction of sp³-hybridized carbons (Fsp3) is 0.941. The summed E-state index contributed by atoms with van der Waals surface area (Å²) in [5, 5.41) is 13.1. The molecule has 2 atom stereocenters. The number of piperidine rings is 1. The second-order valence-corrected chi connectivity index (χ2v) is 7.11. The number of rotatable bonds is 8. The van der Waals surface area contributed by atoms with Crippen LogP contribution in [0.25, 0.3) is 0 Å². The average Bonchev–Trinajstić information content (AvgIpc) is 3.30. The number of likely N-dealkylation sites (tertiary alicyclic amines) is 1. The summed E-state index contributed by atoms with van der Waals surface area (Å²) in [4.78, 5) is 4.94. The molecule has 0 radical (unpaired) electrons. The summed E-state index contributed by atoms with van der Waals surface area (Å²) in [5.41, 5.74) is -0.286. The molecule has 1 saturated carbocycles. The molecular formula is C17H32N4. The molecule has 2 rings (SSSR count). The van der Waals surface area contributed by atoms with Crippen molar-refractivity contribution in [1.29, 1.82) is 5.26 Å². The molecule has 1 saturated heterocycles. The van der Waals surface area contributed by atoms with Crippen LogP contribution >= 0.6 is 0 Å². The Labute approximate surface area is 130 Å². The van der Waals surface area contributed by atoms with Crippen LogP contribution < -0.4 is 5.32 Å². The minimum atomic E-state index is -0.286. The number of nitriles is 1. The lowest BCUT2D eigenvalue weighted by molar-refractivity contribution is 0.131. The van der Waals surface area contributed by atoms with Crippen LogP contribution in [-0.4, -0.2) is 61.2 Å². The Kier molecular flexibility index (Phi) is 6.04. The summed E-state index contributed by atoms with van der Waals surface area (Å²) in [6.45, 7) is 5.67. The Morgan fingerprint density at radius 2 is 2.14 bits per heavy atom. The second kappa shape index (κ2) is 7.58. The number of hydrogen-bond donors (Lipinski definition) is 1. The zero-order valence-electron chi connectivity index (χ0n) is 14.1. The van der Waals surface area contributed by atoms with Crippen molar-refractivity contribution in [3.05, 3.63) is 0 Å². The zero-order valence-corrected chi connectivity index (χ0v) is 14.1. The quantitative estimate of drug-likeness (QED) is 0.745. The van der Waals surface area contributed by atoms with Gasteiger partial charge in [-0.25, -0.2) is 0 Å². The highest BCUT2D eigenvalue weighted by molar-refractivity contribution is 5.09.